The standard InChI is InChI=1S/C12H23NO4/c1-12(2,3)17-11(16)10-5-4-6-13(10)7-9(15)8-14/h9-10,14-15H,4-8H2,1-3H3/t9?,10-/m1/s1. The molecule has 2 atom stereocenters. The summed E-state index contributed by atoms with van der Waals surface area (Å²) in [5, 5.41) is 18.2. The number of hydrogen-bond acceptors (Lipinski definition) is 5. The second-order valence-corrected chi connectivity index (χ2v) is 5.52. The minimum absolute atomic E-state index is 0.236. The van der Waals surface area contributed by atoms with E-state index in [1.165, 1.54) is 0 Å². The first-order valence-corrected chi connectivity index (χ1v) is 6.09. The van der Waals surface area contributed by atoms with Gasteiger partial charge in [-0.1, -0.05) is 0 Å². The van der Waals surface area contributed by atoms with E-state index in [0.29, 0.717) is 6.54 Å². The third-order valence-corrected chi connectivity index (χ3v) is 2.70. The lowest BCUT2D eigenvalue weighted by Crippen LogP contribution is -2.44. The summed E-state index contributed by atoms with van der Waals surface area (Å²) in [4.78, 5) is 13.8. The number of nitrogens with zero attached hydrogens (tertiary/aromatic N) is 1. The first kappa shape index (κ1) is 14.4. The normalized spacial score (nSPS) is 23.7. The Kier molecular flexibility index (Phi) is 4.91. The second-order valence-electron chi connectivity index (χ2n) is 5.52. The maximum Gasteiger partial charge on any atom is 0.323 e. The maximum atomic E-state index is 11.9. The van der Waals surface area contributed by atoms with E-state index < -0.39 is 11.7 Å². The Morgan fingerprint density at radius 1 is 1.53 bits per heavy atom. The quantitative estimate of drug-likeness (QED) is 0.690. The third kappa shape index (κ3) is 4.61. The van der Waals surface area contributed by atoms with Gasteiger partial charge in [0.2, 0.25) is 0 Å². The van der Waals surface area contributed by atoms with Crippen LogP contribution in [-0.4, -0.2) is 58.5 Å². The van der Waals surface area contributed by atoms with Gasteiger partial charge in [0.15, 0.2) is 0 Å². The van der Waals surface area contributed by atoms with E-state index in [2.05, 4.69) is 0 Å². The number of β-amino-alcohol motifs (C(OH)–C–C–N with tert-alkyl or cyclic N) is 1. The Hall–Kier alpha value is -0.650. The number of ether oxygens (including phenoxy) is 1. The molecule has 2 N–H and O–H groups in total. The van der Waals surface area contributed by atoms with Crippen LogP contribution in [0.5, 0.6) is 0 Å². The molecular formula is C12H23NO4. The van der Waals surface area contributed by atoms with Crippen LogP contribution >= 0.6 is 0 Å². The summed E-state index contributed by atoms with van der Waals surface area (Å²) < 4.78 is 5.34. The summed E-state index contributed by atoms with van der Waals surface area (Å²) >= 11 is 0. The highest BCUT2D eigenvalue weighted by atomic mass is 16.6. The molecule has 0 aromatic carbocycles. The van der Waals surface area contributed by atoms with Crippen LogP contribution in [0.4, 0.5) is 0 Å². The molecule has 1 aliphatic rings. The van der Waals surface area contributed by atoms with Crippen LogP contribution in [0.3, 0.4) is 0 Å². The van der Waals surface area contributed by atoms with Crippen molar-refractivity contribution in [2.45, 2.75) is 51.4 Å². The Bertz CT molecular complexity index is 262. The molecule has 1 rings (SSSR count). The topological polar surface area (TPSA) is 70.0 Å². The van der Waals surface area contributed by atoms with Crippen molar-refractivity contribution in [3.05, 3.63) is 0 Å². The van der Waals surface area contributed by atoms with E-state index >= 15 is 0 Å². The minimum Gasteiger partial charge on any atom is -0.459 e. The first-order valence-electron chi connectivity index (χ1n) is 6.09. The molecule has 0 aromatic rings. The Morgan fingerprint density at radius 3 is 2.71 bits per heavy atom. The van der Waals surface area contributed by atoms with Gasteiger partial charge >= 0.3 is 5.97 Å². The fourth-order valence-electron chi connectivity index (χ4n) is 2.01. The molecule has 1 heterocycles. The highest BCUT2D eigenvalue weighted by molar-refractivity contribution is 5.76. The van der Waals surface area contributed by atoms with Crippen molar-refractivity contribution < 1.29 is 19.7 Å². The second kappa shape index (κ2) is 5.80. The smallest absolute Gasteiger partial charge is 0.323 e. The predicted octanol–water partition coefficient (Wildman–Crippen LogP) is 0.146. The molecule has 100 valence electrons. The van der Waals surface area contributed by atoms with E-state index in [9.17, 15) is 9.90 Å². The molecule has 0 spiro atoms. The van der Waals surface area contributed by atoms with Gasteiger partial charge < -0.3 is 14.9 Å². The SMILES string of the molecule is CC(C)(C)OC(=O)[C@H]1CCCN1CC(O)CO. The molecule has 1 aliphatic heterocycles. The van der Waals surface area contributed by atoms with Gasteiger partial charge in [-0.05, 0) is 40.2 Å². The Morgan fingerprint density at radius 2 is 2.18 bits per heavy atom. The van der Waals surface area contributed by atoms with Crippen LogP contribution in [0.2, 0.25) is 0 Å². The van der Waals surface area contributed by atoms with Crippen LogP contribution in [0.15, 0.2) is 0 Å². The summed E-state index contributed by atoms with van der Waals surface area (Å²) in [6.45, 7) is 6.32. The van der Waals surface area contributed by atoms with Gasteiger partial charge in [-0.25, -0.2) is 0 Å². The Labute approximate surface area is 102 Å². The van der Waals surface area contributed by atoms with E-state index in [1.807, 2.05) is 25.7 Å². The molecule has 0 aromatic heterocycles. The molecule has 1 fully saturated rings. The maximum absolute atomic E-state index is 11.9. The van der Waals surface area contributed by atoms with Crippen molar-refractivity contribution >= 4 is 5.97 Å². The zero-order valence-corrected chi connectivity index (χ0v) is 10.8. The van der Waals surface area contributed by atoms with Crippen LogP contribution in [-0.2, 0) is 9.53 Å². The summed E-state index contributed by atoms with van der Waals surface area (Å²) in [5.41, 5.74) is -0.485. The van der Waals surface area contributed by atoms with Gasteiger partial charge in [0.25, 0.3) is 0 Å². The molecule has 0 saturated carbocycles. The van der Waals surface area contributed by atoms with Gasteiger partial charge in [0, 0.05) is 6.54 Å². The number of carbonyl (C=O) groups excluding carboxylic acids is 1. The molecule has 17 heavy (non-hydrogen) atoms. The molecule has 0 aliphatic carbocycles. The first-order chi connectivity index (χ1) is 7.83. The molecule has 0 radical (unpaired) electrons. The zero-order valence-electron chi connectivity index (χ0n) is 10.8. The fourth-order valence-corrected chi connectivity index (χ4v) is 2.01. The van der Waals surface area contributed by atoms with Gasteiger partial charge in [-0.2, -0.15) is 0 Å². The van der Waals surface area contributed by atoms with Gasteiger partial charge in [0.05, 0.1) is 12.7 Å². The number of aliphatic hydroxyl groups excluding tert-OH is 2. The number of rotatable bonds is 4. The monoisotopic (exact) mass is 245 g/mol. The van der Waals surface area contributed by atoms with Crippen LogP contribution in [0, 0.1) is 0 Å². The van der Waals surface area contributed by atoms with Crippen molar-refractivity contribution in [1.29, 1.82) is 0 Å². The van der Waals surface area contributed by atoms with Crippen LogP contribution in [0.1, 0.15) is 33.6 Å². The lowest BCUT2D eigenvalue weighted by atomic mass is 10.1. The third-order valence-electron chi connectivity index (χ3n) is 2.70. The molecule has 1 saturated heterocycles. The van der Waals surface area contributed by atoms with E-state index in [-0.39, 0.29) is 18.6 Å². The van der Waals surface area contributed by atoms with E-state index in [4.69, 9.17) is 9.84 Å². The number of likely N-dealkylation sites (tertiary alicyclic amines) is 1. The van der Waals surface area contributed by atoms with Crippen molar-refractivity contribution in [1.82, 2.24) is 4.90 Å². The average molecular weight is 245 g/mol. The Balaban J connectivity index is 2.54. The summed E-state index contributed by atoms with van der Waals surface area (Å²) in [6, 6.07) is -0.282. The molecule has 5 nitrogen and oxygen atoms in total. The van der Waals surface area contributed by atoms with Gasteiger partial charge in [0.1, 0.15) is 11.6 Å². The largest absolute Gasteiger partial charge is 0.459 e. The molecule has 1 unspecified atom stereocenters. The molecule has 0 bridgehead atoms. The van der Waals surface area contributed by atoms with Crippen molar-refractivity contribution in [3.63, 3.8) is 0 Å². The average Bonchev–Trinajstić information content (AvgIpc) is 2.63. The van der Waals surface area contributed by atoms with Crippen molar-refractivity contribution in [2.24, 2.45) is 0 Å². The summed E-state index contributed by atoms with van der Waals surface area (Å²) in [6.07, 6.45) is 0.882. The van der Waals surface area contributed by atoms with E-state index in [0.717, 1.165) is 19.4 Å². The highest BCUT2D eigenvalue weighted by Gasteiger charge is 2.34. The van der Waals surface area contributed by atoms with Gasteiger partial charge in [-0.3, -0.25) is 9.69 Å². The van der Waals surface area contributed by atoms with Crippen molar-refractivity contribution in [3.8, 4) is 0 Å². The van der Waals surface area contributed by atoms with Crippen LogP contribution in [0.25, 0.3) is 0 Å². The number of esters is 1. The molecular weight excluding hydrogens is 222 g/mol. The van der Waals surface area contributed by atoms with E-state index in [1.54, 1.807) is 0 Å². The number of carbonyl (C=O) groups is 1. The summed E-state index contributed by atoms with van der Waals surface area (Å²) in [7, 11) is 0. The minimum atomic E-state index is -0.793. The van der Waals surface area contributed by atoms with Crippen LogP contribution < -0.4 is 0 Å². The number of aliphatic hydroxyl groups is 2. The van der Waals surface area contributed by atoms with Gasteiger partial charge in [-0.15, -0.1) is 0 Å². The predicted molar refractivity (Wildman–Crippen MR) is 63.5 cm³/mol. The van der Waals surface area contributed by atoms with Crippen molar-refractivity contribution in [2.75, 3.05) is 19.7 Å². The highest BCUT2D eigenvalue weighted by Crippen LogP contribution is 2.21. The zero-order chi connectivity index (χ0) is 13.1. The fraction of sp³-hybridized carbons (Fsp3) is 0.917. The number of hydrogen-bond donors (Lipinski definition) is 2. The molecule has 0 amide bonds. The summed E-state index contributed by atoms with van der Waals surface area (Å²) in [5.74, 6) is -0.236. The lowest BCUT2D eigenvalue weighted by Gasteiger charge is -2.28. The lowest BCUT2D eigenvalue weighted by molar-refractivity contribution is -0.160. The molecule has 5 heteroatoms.